The van der Waals surface area contributed by atoms with E-state index >= 15 is 0 Å². The SMILES string of the molecule is O=S(=O)(Cl)c1ccccc1OC1CCCCC1. The average molecular weight is 275 g/mol. The van der Waals surface area contributed by atoms with E-state index in [4.69, 9.17) is 15.4 Å². The quantitative estimate of drug-likeness (QED) is 0.794. The van der Waals surface area contributed by atoms with Gasteiger partial charge in [0.25, 0.3) is 9.05 Å². The van der Waals surface area contributed by atoms with Gasteiger partial charge in [0.1, 0.15) is 10.6 Å². The van der Waals surface area contributed by atoms with Crippen LogP contribution in [-0.2, 0) is 9.05 Å². The van der Waals surface area contributed by atoms with E-state index in [1.165, 1.54) is 12.5 Å². The van der Waals surface area contributed by atoms with Crippen LogP contribution in [0.2, 0.25) is 0 Å². The lowest BCUT2D eigenvalue weighted by molar-refractivity contribution is 0.151. The first-order chi connectivity index (χ1) is 8.07. The van der Waals surface area contributed by atoms with Crippen molar-refractivity contribution in [2.45, 2.75) is 43.1 Å². The molecule has 0 aromatic heterocycles. The minimum absolute atomic E-state index is 0.0623. The highest BCUT2D eigenvalue weighted by Crippen LogP contribution is 2.30. The lowest BCUT2D eigenvalue weighted by Crippen LogP contribution is -2.20. The van der Waals surface area contributed by atoms with Crippen molar-refractivity contribution < 1.29 is 13.2 Å². The normalized spacial score (nSPS) is 17.9. The summed E-state index contributed by atoms with van der Waals surface area (Å²) in [7, 11) is 1.64. The van der Waals surface area contributed by atoms with Gasteiger partial charge in [-0.3, -0.25) is 0 Å². The highest BCUT2D eigenvalue weighted by molar-refractivity contribution is 8.13. The van der Waals surface area contributed by atoms with Gasteiger partial charge in [0.2, 0.25) is 0 Å². The first kappa shape index (κ1) is 12.7. The van der Waals surface area contributed by atoms with Crippen LogP contribution in [0.25, 0.3) is 0 Å². The number of benzene rings is 1. The molecular weight excluding hydrogens is 260 g/mol. The first-order valence-corrected chi connectivity index (χ1v) is 8.08. The van der Waals surface area contributed by atoms with Crippen LogP contribution in [0.3, 0.4) is 0 Å². The smallest absolute Gasteiger partial charge is 0.264 e. The Bertz CT molecular complexity index is 478. The zero-order chi connectivity index (χ0) is 12.3. The fourth-order valence-corrected chi connectivity index (χ4v) is 3.09. The van der Waals surface area contributed by atoms with Crippen LogP contribution >= 0.6 is 10.7 Å². The van der Waals surface area contributed by atoms with Crippen molar-refractivity contribution in [2.24, 2.45) is 0 Å². The molecule has 0 spiro atoms. The summed E-state index contributed by atoms with van der Waals surface area (Å²) >= 11 is 0. The van der Waals surface area contributed by atoms with Crippen molar-refractivity contribution in [1.82, 2.24) is 0 Å². The molecule has 0 saturated heterocycles. The Balaban J connectivity index is 2.20. The Morgan fingerprint density at radius 3 is 2.41 bits per heavy atom. The molecule has 0 atom stereocenters. The van der Waals surface area contributed by atoms with Gasteiger partial charge in [0, 0.05) is 10.7 Å². The van der Waals surface area contributed by atoms with E-state index < -0.39 is 9.05 Å². The van der Waals surface area contributed by atoms with Crippen LogP contribution < -0.4 is 4.74 Å². The highest BCUT2D eigenvalue weighted by atomic mass is 35.7. The summed E-state index contributed by atoms with van der Waals surface area (Å²) in [6, 6.07) is 6.52. The van der Waals surface area contributed by atoms with Crippen molar-refractivity contribution in [1.29, 1.82) is 0 Å². The van der Waals surface area contributed by atoms with E-state index in [2.05, 4.69) is 0 Å². The number of ether oxygens (including phenoxy) is 1. The summed E-state index contributed by atoms with van der Waals surface area (Å²) in [5, 5.41) is 0. The van der Waals surface area contributed by atoms with Gasteiger partial charge in [-0.1, -0.05) is 18.6 Å². The third-order valence-electron chi connectivity index (χ3n) is 2.96. The Labute approximate surface area is 106 Å². The average Bonchev–Trinajstić information content (AvgIpc) is 2.30. The molecule has 1 fully saturated rings. The first-order valence-electron chi connectivity index (χ1n) is 5.78. The summed E-state index contributed by atoms with van der Waals surface area (Å²) in [4.78, 5) is 0.0623. The fourth-order valence-electron chi connectivity index (χ4n) is 2.11. The number of halogens is 1. The summed E-state index contributed by atoms with van der Waals surface area (Å²) < 4.78 is 28.5. The Kier molecular flexibility index (Phi) is 3.94. The molecule has 0 aliphatic heterocycles. The molecule has 94 valence electrons. The van der Waals surface area contributed by atoms with E-state index in [-0.39, 0.29) is 11.0 Å². The Morgan fingerprint density at radius 2 is 1.76 bits per heavy atom. The van der Waals surface area contributed by atoms with E-state index in [0.717, 1.165) is 25.7 Å². The maximum Gasteiger partial charge on any atom is 0.264 e. The van der Waals surface area contributed by atoms with Crippen LogP contribution in [0.1, 0.15) is 32.1 Å². The summed E-state index contributed by atoms with van der Waals surface area (Å²) in [6.45, 7) is 0. The van der Waals surface area contributed by atoms with Crippen molar-refractivity contribution in [3.63, 3.8) is 0 Å². The molecule has 1 aliphatic carbocycles. The van der Waals surface area contributed by atoms with Crippen molar-refractivity contribution >= 4 is 19.7 Å². The van der Waals surface area contributed by atoms with E-state index in [9.17, 15) is 8.42 Å². The molecule has 0 radical (unpaired) electrons. The maximum atomic E-state index is 11.4. The number of rotatable bonds is 3. The van der Waals surface area contributed by atoms with Gasteiger partial charge in [0.15, 0.2) is 0 Å². The molecule has 1 aromatic rings. The van der Waals surface area contributed by atoms with Gasteiger partial charge in [-0.25, -0.2) is 8.42 Å². The van der Waals surface area contributed by atoms with Crippen molar-refractivity contribution in [3.05, 3.63) is 24.3 Å². The van der Waals surface area contributed by atoms with Gasteiger partial charge >= 0.3 is 0 Å². The molecule has 3 nitrogen and oxygen atoms in total. The van der Waals surface area contributed by atoms with Gasteiger partial charge in [-0.05, 0) is 37.8 Å². The van der Waals surface area contributed by atoms with Gasteiger partial charge < -0.3 is 4.74 Å². The third-order valence-corrected chi connectivity index (χ3v) is 4.32. The summed E-state index contributed by atoms with van der Waals surface area (Å²) in [5.41, 5.74) is 0. The predicted molar refractivity (Wildman–Crippen MR) is 67.0 cm³/mol. The number of hydrogen-bond acceptors (Lipinski definition) is 3. The molecular formula is C12H15ClO3S. The largest absolute Gasteiger partial charge is 0.489 e. The molecule has 0 heterocycles. The molecule has 1 aromatic carbocycles. The van der Waals surface area contributed by atoms with Gasteiger partial charge in [-0.15, -0.1) is 0 Å². The number of hydrogen-bond donors (Lipinski definition) is 0. The molecule has 1 aliphatic rings. The van der Waals surface area contributed by atoms with Gasteiger partial charge in [-0.2, -0.15) is 0 Å². The zero-order valence-electron chi connectivity index (χ0n) is 9.43. The van der Waals surface area contributed by atoms with Crippen LogP contribution in [0.15, 0.2) is 29.2 Å². The molecule has 5 heteroatoms. The third kappa shape index (κ3) is 3.36. The lowest BCUT2D eigenvalue weighted by Gasteiger charge is -2.23. The molecule has 1 saturated carbocycles. The second kappa shape index (κ2) is 5.27. The van der Waals surface area contributed by atoms with E-state index in [0.29, 0.717) is 5.75 Å². The minimum atomic E-state index is -3.74. The fraction of sp³-hybridized carbons (Fsp3) is 0.500. The zero-order valence-corrected chi connectivity index (χ0v) is 11.0. The second-order valence-corrected chi connectivity index (χ2v) is 6.80. The molecule has 0 N–H and O–H groups in total. The molecule has 2 rings (SSSR count). The minimum Gasteiger partial charge on any atom is -0.489 e. The molecule has 0 amide bonds. The van der Waals surface area contributed by atoms with Crippen molar-refractivity contribution in [2.75, 3.05) is 0 Å². The predicted octanol–water partition coefficient (Wildman–Crippen LogP) is 3.33. The standard InChI is InChI=1S/C12H15ClO3S/c13-17(14,15)12-9-5-4-8-11(12)16-10-6-2-1-3-7-10/h4-5,8-10H,1-3,6-7H2. The lowest BCUT2D eigenvalue weighted by atomic mass is 9.98. The molecule has 17 heavy (non-hydrogen) atoms. The monoisotopic (exact) mass is 274 g/mol. The summed E-state index contributed by atoms with van der Waals surface area (Å²) in [5.74, 6) is 0.370. The topological polar surface area (TPSA) is 43.4 Å². The van der Waals surface area contributed by atoms with Crippen LogP contribution in [0.5, 0.6) is 5.75 Å². The highest BCUT2D eigenvalue weighted by Gasteiger charge is 2.20. The van der Waals surface area contributed by atoms with Crippen LogP contribution in [0.4, 0.5) is 0 Å². The summed E-state index contributed by atoms with van der Waals surface area (Å²) in [6.07, 6.45) is 5.59. The van der Waals surface area contributed by atoms with Gasteiger partial charge in [0.05, 0.1) is 6.10 Å². The molecule has 0 unspecified atom stereocenters. The number of para-hydroxylation sites is 1. The second-order valence-electron chi connectivity index (χ2n) is 4.26. The van der Waals surface area contributed by atoms with E-state index in [1.807, 2.05) is 0 Å². The molecule has 0 bridgehead atoms. The maximum absolute atomic E-state index is 11.4. The van der Waals surface area contributed by atoms with Crippen molar-refractivity contribution in [3.8, 4) is 5.75 Å². The Morgan fingerprint density at radius 1 is 1.12 bits per heavy atom. The van der Waals surface area contributed by atoms with Crippen LogP contribution in [0, 0.1) is 0 Å². The van der Waals surface area contributed by atoms with Crippen LogP contribution in [-0.4, -0.2) is 14.5 Å². The van der Waals surface area contributed by atoms with E-state index in [1.54, 1.807) is 18.2 Å². The Hall–Kier alpha value is -0.740.